The molecule has 0 N–H and O–H groups in total. The average molecular weight is 448 g/mol. The number of aromatic nitrogens is 2. The van der Waals surface area contributed by atoms with Crippen LogP contribution in [-0.4, -0.2) is 64.8 Å². The van der Waals surface area contributed by atoms with Crippen molar-refractivity contribution < 1.29 is 9.53 Å². The SMILES string of the molecule is COc1ccc(C(C#N)N2CCN(C(=O)c3cnc(SC)n3-c3ccccc3)CC2)cc1. The van der Waals surface area contributed by atoms with E-state index in [0.29, 0.717) is 31.9 Å². The normalized spacial score (nSPS) is 15.2. The fourth-order valence-electron chi connectivity index (χ4n) is 3.95. The van der Waals surface area contributed by atoms with Gasteiger partial charge in [-0.25, -0.2) is 4.98 Å². The number of nitriles is 1. The minimum absolute atomic E-state index is 0.0424. The highest BCUT2D eigenvalue weighted by Gasteiger charge is 2.29. The molecular formula is C24H25N5O2S. The number of imidazole rings is 1. The lowest BCUT2D eigenvalue weighted by Crippen LogP contribution is -2.49. The summed E-state index contributed by atoms with van der Waals surface area (Å²) < 4.78 is 7.12. The van der Waals surface area contributed by atoms with Gasteiger partial charge in [-0.15, -0.1) is 0 Å². The third-order valence-electron chi connectivity index (χ3n) is 5.67. The number of hydrogen-bond acceptors (Lipinski definition) is 6. The van der Waals surface area contributed by atoms with Gasteiger partial charge in [0.15, 0.2) is 5.16 Å². The third kappa shape index (κ3) is 4.35. The zero-order valence-electron chi connectivity index (χ0n) is 18.1. The van der Waals surface area contributed by atoms with E-state index >= 15 is 0 Å². The van der Waals surface area contributed by atoms with Crippen molar-refractivity contribution in [3.05, 3.63) is 72.1 Å². The summed E-state index contributed by atoms with van der Waals surface area (Å²) in [4.78, 5) is 21.8. The minimum Gasteiger partial charge on any atom is -0.497 e. The van der Waals surface area contributed by atoms with Gasteiger partial charge in [0, 0.05) is 31.9 Å². The maximum Gasteiger partial charge on any atom is 0.272 e. The summed E-state index contributed by atoms with van der Waals surface area (Å²) in [5.41, 5.74) is 2.40. The Morgan fingerprint density at radius 3 is 2.38 bits per heavy atom. The highest BCUT2D eigenvalue weighted by molar-refractivity contribution is 7.98. The number of hydrogen-bond donors (Lipinski definition) is 0. The Hall–Kier alpha value is -3.28. The molecule has 1 atom stereocenters. The van der Waals surface area contributed by atoms with E-state index in [2.05, 4.69) is 16.0 Å². The molecule has 1 fully saturated rings. The Bertz CT molecular complexity index is 1100. The predicted molar refractivity (Wildman–Crippen MR) is 124 cm³/mol. The molecule has 8 heteroatoms. The summed E-state index contributed by atoms with van der Waals surface area (Å²) in [6, 6.07) is 19.4. The van der Waals surface area contributed by atoms with Gasteiger partial charge in [-0.05, 0) is 36.1 Å². The quantitative estimate of drug-likeness (QED) is 0.537. The second kappa shape index (κ2) is 9.90. The smallest absolute Gasteiger partial charge is 0.272 e. The van der Waals surface area contributed by atoms with Gasteiger partial charge in [-0.3, -0.25) is 14.3 Å². The van der Waals surface area contributed by atoms with Crippen molar-refractivity contribution in [1.82, 2.24) is 19.4 Å². The first-order valence-electron chi connectivity index (χ1n) is 10.4. The van der Waals surface area contributed by atoms with Gasteiger partial charge in [0.2, 0.25) is 0 Å². The van der Waals surface area contributed by atoms with Crippen LogP contribution in [0, 0.1) is 11.3 Å². The molecule has 164 valence electrons. The first-order chi connectivity index (χ1) is 15.7. The number of thioether (sulfide) groups is 1. The van der Waals surface area contributed by atoms with Crippen LogP contribution in [0.5, 0.6) is 5.75 Å². The molecule has 1 aromatic heterocycles. The number of para-hydroxylation sites is 1. The Labute approximate surface area is 192 Å². The fourth-order valence-corrected chi connectivity index (χ4v) is 4.50. The van der Waals surface area contributed by atoms with Crippen LogP contribution in [0.4, 0.5) is 0 Å². The van der Waals surface area contributed by atoms with Crippen molar-refractivity contribution in [3.63, 3.8) is 0 Å². The van der Waals surface area contributed by atoms with E-state index in [0.717, 1.165) is 22.2 Å². The lowest BCUT2D eigenvalue weighted by atomic mass is 10.1. The summed E-state index contributed by atoms with van der Waals surface area (Å²) in [5.74, 6) is 0.722. The van der Waals surface area contributed by atoms with Gasteiger partial charge < -0.3 is 9.64 Å². The highest BCUT2D eigenvalue weighted by atomic mass is 32.2. The maximum atomic E-state index is 13.4. The molecular weight excluding hydrogens is 422 g/mol. The molecule has 3 aromatic rings. The predicted octanol–water partition coefficient (Wildman–Crippen LogP) is 3.63. The van der Waals surface area contributed by atoms with Crippen molar-refractivity contribution in [2.45, 2.75) is 11.2 Å². The molecule has 1 amide bonds. The van der Waals surface area contributed by atoms with Gasteiger partial charge in [0.05, 0.1) is 19.4 Å². The van der Waals surface area contributed by atoms with Crippen molar-refractivity contribution >= 4 is 17.7 Å². The number of ether oxygens (including phenoxy) is 1. The second-order valence-corrected chi connectivity index (χ2v) is 8.21. The standard InChI is InChI=1S/C24H25N5O2S/c1-31-20-10-8-18(9-11-20)21(16-25)27-12-14-28(15-13-27)23(30)22-17-26-24(32-2)29(22)19-6-4-3-5-7-19/h3-11,17,21H,12-15H2,1-2H3. The fraction of sp³-hybridized carbons (Fsp3) is 0.292. The summed E-state index contributed by atoms with van der Waals surface area (Å²) in [5, 5.41) is 10.6. The Morgan fingerprint density at radius 2 is 1.78 bits per heavy atom. The topological polar surface area (TPSA) is 74.4 Å². The van der Waals surface area contributed by atoms with Crippen LogP contribution in [0.3, 0.4) is 0 Å². The molecule has 32 heavy (non-hydrogen) atoms. The zero-order valence-corrected chi connectivity index (χ0v) is 19.0. The van der Waals surface area contributed by atoms with E-state index in [1.54, 1.807) is 13.3 Å². The average Bonchev–Trinajstić information content (AvgIpc) is 3.30. The van der Waals surface area contributed by atoms with Crippen molar-refractivity contribution in [2.75, 3.05) is 39.5 Å². The van der Waals surface area contributed by atoms with E-state index in [9.17, 15) is 10.1 Å². The number of rotatable bonds is 6. The Morgan fingerprint density at radius 1 is 1.09 bits per heavy atom. The molecule has 0 bridgehead atoms. The summed E-state index contributed by atoms with van der Waals surface area (Å²) >= 11 is 1.51. The third-order valence-corrected chi connectivity index (χ3v) is 6.32. The van der Waals surface area contributed by atoms with Crippen LogP contribution >= 0.6 is 11.8 Å². The number of carbonyl (C=O) groups is 1. The molecule has 0 aliphatic carbocycles. The highest BCUT2D eigenvalue weighted by Crippen LogP contribution is 2.26. The summed E-state index contributed by atoms with van der Waals surface area (Å²) in [6.45, 7) is 2.37. The number of nitrogens with zero attached hydrogens (tertiary/aromatic N) is 5. The van der Waals surface area contributed by atoms with Crippen LogP contribution in [0.25, 0.3) is 5.69 Å². The van der Waals surface area contributed by atoms with Crippen LogP contribution < -0.4 is 4.74 Å². The van der Waals surface area contributed by atoms with Crippen LogP contribution in [0.2, 0.25) is 0 Å². The van der Waals surface area contributed by atoms with Gasteiger partial charge in [0.1, 0.15) is 17.5 Å². The summed E-state index contributed by atoms with van der Waals surface area (Å²) in [6.07, 6.45) is 3.61. The molecule has 4 rings (SSSR count). The van der Waals surface area contributed by atoms with Crippen molar-refractivity contribution in [3.8, 4) is 17.5 Å². The molecule has 0 radical (unpaired) electrons. The number of amides is 1. The molecule has 0 saturated carbocycles. The summed E-state index contributed by atoms with van der Waals surface area (Å²) in [7, 11) is 1.62. The molecule has 1 aliphatic heterocycles. The molecule has 1 unspecified atom stereocenters. The second-order valence-electron chi connectivity index (χ2n) is 7.43. The number of methoxy groups -OCH3 is 1. The van der Waals surface area contributed by atoms with Crippen molar-refractivity contribution in [1.29, 1.82) is 5.26 Å². The monoisotopic (exact) mass is 447 g/mol. The Kier molecular flexibility index (Phi) is 6.78. The van der Waals surface area contributed by atoms with Gasteiger partial charge in [0.25, 0.3) is 5.91 Å². The Balaban J connectivity index is 1.48. The van der Waals surface area contributed by atoms with Crippen LogP contribution in [0.15, 0.2) is 66.0 Å². The van der Waals surface area contributed by atoms with Gasteiger partial charge >= 0.3 is 0 Å². The molecule has 1 saturated heterocycles. The lowest BCUT2D eigenvalue weighted by Gasteiger charge is -2.37. The van der Waals surface area contributed by atoms with E-state index in [4.69, 9.17) is 4.74 Å². The van der Waals surface area contributed by atoms with E-state index < -0.39 is 0 Å². The van der Waals surface area contributed by atoms with Crippen LogP contribution in [0.1, 0.15) is 22.1 Å². The minimum atomic E-state index is -0.351. The first kappa shape index (κ1) is 21.9. The number of carbonyl (C=O) groups excluding carboxylic acids is 1. The van der Waals surface area contributed by atoms with E-state index in [1.165, 1.54) is 11.8 Å². The molecule has 0 spiro atoms. The largest absolute Gasteiger partial charge is 0.497 e. The molecule has 1 aliphatic rings. The first-order valence-corrected chi connectivity index (χ1v) is 11.6. The van der Waals surface area contributed by atoms with E-state index in [-0.39, 0.29) is 11.9 Å². The lowest BCUT2D eigenvalue weighted by molar-refractivity contribution is 0.0598. The molecule has 2 aromatic carbocycles. The van der Waals surface area contributed by atoms with Crippen LogP contribution in [-0.2, 0) is 0 Å². The maximum absolute atomic E-state index is 13.4. The number of piperazine rings is 1. The molecule has 2 heterocycles. The zero-order chi connectivity index (χ0) is 22.5. The van der Waals surface area contributed by atoms with Crippen molar-refractivity contribution in [2.24, 2.45) is 0 Å². The molecule has 7 nitrogen and oxygen atoms in total. The van der Waals surface area contributed by atoms with Gasteiger partial charge in [-0.1, -0.05) is 42.1 Å². The van der Waals surface area contributed by atoms with Gasteiger partial charge in [-0.2, -0.15) is 5.26 Å². The van der Waals surface area contributed by atoms with E-state index in [1.807, 2.05) is 70.3 Å². The number of benzene rings is 2.